The van der Waals surface area contributed by atoms with E-state index in [1.807, 2.05) is 32.0 Å². The molecular weight excluding hydrogens is 308 g/mol. The van der Waals surface area contributed by atoms with Gasteiger partial charge in [0.1, 0.15) is 17.3 Å². The summed E-state index contributed by atoms with van der Waals surface area (Å²) >= 11 is 3.38. The molecule has 0 saturated carbocycles. The van der Waals surface area contributed by atoms with Gasteiger partial charge in [-0.1, -0.05) is 0 Å². The zero-order valence-electron chi connectivity index (χ0n) is 10.9. The van der Waals surface area contributed by atoms with E-state index in [9.17, 15) is 4.79 Å². The van der Waals surface area contributed by atoms with Gasteiger partial charge in [0.15, 0.2) is 0 Å². The maximum atomic E-state index is 11.8. The maximum Gasteiger partial charge on any atom is 0.226 e. The minimum absolute atomic E-state index is 0.0777. The zero-order chi connectivity index (χ0) is 13.8. The van der Waals surface area contributed by atoms with Crippen LogP contribution >= 0.6 is 15.9 Å². The summed E-state index contributed by atoms with van der Waals surface area (Å²) in [7, 11) is 0. The quantitative estimate of drug-likeness (QED) is 0.935. The first-order valence-corrected chi connectivity index (χ1v) is 6.81. The summed E-state index contributed by atoms with van der Waals surface area (Å²) in [6, 6.07) is 5.70. The minimum atomic E-state index is -0.0777. The Hall–Kier alpha value is -1.62. The van der Waals surface area contributed by atoms with Crippen LogP contribution in [-0.2, 0) is 11.2 Å². The largest absolute Gasteiger partial charge is 0.466 e. The molecule has 0 fully saturated rings. The Labute approximate surface area is 120 Å². The van der Waals surface area contributed by atoms with Crippen molar-refractivity contribution in [1.29, 1.82) is 0 Å². The normalized spacial score (nSPS) is 10.5. The van der Waals surface area contributed by atoms with E-state index in [1.54, 1.807) is 6.20 Å². The molecule has 2 aromatic rings. The monoisotopic (exact) mass is 322 g/mol. The highest BCUT2D eigenvalue weighted by atomic mass is 79.9. The molecule has 1 N–H and O–H groups in total. The molecule has 1 amide bonds. The number of pyridine rings is 1. The molecule has 0 bridgehead atoms. The van der Waals surface area contributed by atoms with Crippen LogP contribution in [0.1, 0.15) is 23.5 Å². The Balaban J connectivity index is 1.90. The summed E-state index contributed by atoms with van der Waals surface area (Å²) in [5.41, 5.74) is 1.04. The molecule has 2 aromatic heterocycles. The van der Waals surface area contributed by atoms with Gasteiger partial charge in [0.05, 0.1) is 4.47 Å². The van der Waals surface area contributed by atoms with Crippen molar-refractivity contribution < 1.29 is 9.21 Å². The fourth-order valence-corrected chi connectivity index (χ4v) is 2.24. The number of carbonyl (C=O) groups excluding carboxylic acids is 1. The first-order valence-electron chi connectivity index (χ1n) is 6.02. The van der Waals surface area contributed by atoms with Crippen molar-refractivity contribution in [3.05, 3.63) is 46.0 Å². The Kier molecular flexibility index (Phi) is 4.37. The van der Waals surface area contributed by atoms with E-state index in [1.165, 1.54) is 0 Å². The molecule has 0 radical (unpaired) electrons. The van der Waals surface area contributed by atoms with E-state index in [0.717, 1.165) is 21.6 Å². The van der Waals surface area contributed by atoms with E-state index in [2.05, 4.69) is 26.2 Å². The SMILES string of the molecule is Cc1cnc(NC(=O)CCc2ccc(C)o2)c(Br)c1. The average molecular weight is 323 g/mol. The van der Waals surface area contributed by atoms with Crippen molar-refractivity contribution in [3.8, 4) is 0 Å². The standard InChI is InChI=1S/C14H15BrN2O2/c1-9-7-12(15)14(16-8-9)17-13(18)6-5-11-4-3-10(2)19-11/h3-4,7-8H,5-6H2,1-2H3,(H,16,17,18). The van der Waals surface area contributed by atoms with Gasteiger partial charge in [-0.2, -0.15) is 0 Å². The molecule has 2 heterocycles. The minimum Gasteiger partial charge on any atom is -0.466 e. The predicted molar refractivity (Wildman–Crippen MR) is 77.1 cm³/mol. The molecule has 5 heteroatoms. The molecule has 4 nitrogen and oxygen atoms in total. The van der Waals surface area contributed by atoms with Crippen molar-refractivity contribution in [2.75, 3.05) is 5.32 Å². The highest BCUT2D eigenvalue weighted by Gasteiger charge is 2.08. The lowest BCUT2D eigenvalue weighted by molar-refractivity contribution is -0.116. The van der Waals surface area contributed by atoms with Crippen LogP contribution in [0.15, 0.2) is 33.3 Å². The van der Waals surface area contributed by atoms with Crippen LogP contribution in [0.25, 0.3) is 0 Å². The first kappa shape index (κ1) is 13.8. The summed E-state index contributed by atoms with van der Waals surface area (Å²) < 4.78 is 6.21. The molecule has 0 aliphatic heterocycles. The van der Waals surface area contributed by atoms with Crippen molar-refractivity contribution in [3.63, 3.8) is 0 Å². The number of nitrogens with zero attached hydrogens (tertiary/aromatic N) is 1. The van der Waals surface area contributed by atoms with Gasteiger partial charge in [0.2, 0.25) is 5.91 Å². The number of hydrogen-bond donors (Lipinski definition) is 1. The fraction of sp³-hybridized carbons (Fsp3) is 0.286. The summed E-state index contributed by atoms with van der Waals surface area (Å²) in [6.07, 6.45) is 2.67. The van der Waals surface area contributed by atoms with Gasteiger partial charge in [0, 0.05) is 19.0 Å². The average Bonchev–Trinajstić information content (AvgIpc) is 2.76. The van der Waals surface area contributed by atoms with Crippen LogP contribution in [0, 0.1) is 13.8 Å². The van der Waals surface area contributed by atoms with Crippen LogP contribution in [0.3, 0.4) is 0 Å². The smallest absolute Gasteiger partial charge is 0.226 e. The number of aromatic nitrogens is 1. The van der Waals surface area contributed by atoms with Gasteiger partial charge in [0.25, 0.3) is 0 Å². The topological polar surface area (TPSA) is 55.1 Å². The molecule has 2 rings (SSSR count). The molecule has 0 aliphatic carbocycles. The van der Waals surface area contributed by atoms with Gasteiger partial charge >= 0.3 is 0 Å². The van der Waals surface area contributed by atoms with E-state index < -0.39 is 0 Å². The van der Waals surface area contributed by atoms with Crippen LogP contribution in [-0.4, -0.2) is 10.9 Å². The number of nitrogens with one attached hydrogen (secondary N) is 1. The van der Waals surface area contributed by atoms with E-state index >= 15 is 0 Å². The lowest BCUT2D eigenvalue weighted by Crippen LogP contribution is -2.13. The third kappa shape index (κ3) is 3.92. The number of rotatable bonds is 4. The summed E-state index contributed by atoms with van der Waals surface area (Å²) in [4.78, 5) is 16.0. The third-order valence-electron chi connectivity index (χ3n) is 2.63. The summed E-state index contributed by atoms with van der Waals surface area (Å²) in [5, 5.41) is 2.78. The van der Waals surface area contributed by atoms with Crippen molar-refractivity contribution in [2.45, 2.75) is 26.7 Å². The zero-order valence-corrected chi connectivity index (χ0v) is 12.5. The third-order valence-corrected chi connectivity index (χ3v) is 3.23. The second-order valence-electron chi connectivity index (χ2n) is 4.40. The van der Waals surface area contributed by atoms with Crippen molar-refractivity contribution >= 4 is 27.7 Å². The number of amides is 1. The van der Waals surface area contributed by atoms with E-state index in [4.69, 9.17) is 4.42 Å². The number of furan rings is 1. The molecule has 100 valence electrons. The first-order chi connectivity index (χ1) is 9.04. The number of hydrogen-bond acceptors (Lipinski definition) is 3. The molecule has 0 unspecified atom stereocenters. The second kappa shape index (κ2) is 6.02. The molecule has 19 heavy (non-hydrogen) atoms. The molecule has 0 aromatic carbocycles. The number of halogens is 1. The highest BCUT2D eigenvalue weighted by Crippen LogP contribution is 2.20. The van der Waals surface area contributed by atoms with Crippen LogP contribution in [0.4, 0.5) is 5.82 Å². The summed E-state index contributed by atoms with van der Waals surface area (Å²) in [6.45, 7) is 3.83. The van der Waals surface area contributed by atoms with E-state index in [-0.39, 0.29) is 5.91 Å². The lowest BCUT2D eigenvalue weighted by atomic mass is 10.2. The van der Waals surface area contributed by atoms with Crippen LogP contribution in [0.5, 0.6) is 0 Å². The van der Waals surface area contributed by atoms with Gasteiger partial charge < -0.3 is 9.73 Å². The molecule has 0 saturated heterocycles. The molecule has 0 aliphatic rings. The van der Waals surface area contributed by atoms with Crippen LogP contribution < -0.4 is 5.32 Å². The Bertz CT molecular complexity index is 593. The van der Waals surface area contributed by atoms with Crippen LogP contribution in [0.2, 0.25) is 0 Å². The van der Waals surface area contributed by atoms with Gasteiger partial charge in [-0.3, -0.25) is 4.79 Å². The van der Waals surface area contributed by atoms with Crippen molar-refractivity contribution in [2.24, 2.45) is 0 Å². The van der Waals surface area contributed by atoms with Gasteiger partial charge in [-0.15, -0.1) is 0 Å². The number of aryl methyl sites for hydroxylation is 3. The predicted octanol–water partition coefficient (Wildman–Crippen LogP) is 3.63. The molecule has 0 atom stereocenters. The lowest BCUT2D eigenvalue weighted by Gasteiger charge is -2.06. The Morgan fingerprint density at radius 3 is 2.84 bits per heavy atom. The number of anilines is 1. The molecule has 0 spiro atoms. The van der Waals surface area contributed by atoms with Gasteiger partial charge in [-0.25, -0.2) is 4.98 Å². The highest BCUT2D eigenvalue weighted by molar-refractivity contribution is 9.10. The Morgan fingerprint density at radius 2 is 2.21 bits per heavy atom. The van der Waals surface area contributed by atoms with E-state index in [0.29, 0.717) is 18.7 Å². The molecular formula is C14H15BrN2O2. The maximum absolute atomic E-state index is 11.8. The fourth-order valence-electron chi connectivity index (χ4n) is 1.68. The Morgan fingerprint density at radius 1 is 1.42 bits per heavy atom. The van der Waals surface area contributed by atoms with Crippen molar-refractivity contribution in [1.82, 2.24) is 4.98 Å². The van der Waals surface area contributed by atoms with Gasteiger partial charge in [-0.05, 0) is 53.5 Å². The number of carbonyl (C=O) groups is 1. The summed E-state index contributed by atoms with van der Waals surface area (Å²) in [5.74, 6) is 2.15. The second-order valence-corrected chi connectivity index (χ2v) is 5.26.